The third kappa shape index (κ3) is 5.48. The van der Waals surface area contributed by atoms with Gasteiger partial charge in [-0.05, 0) is 62.1 Å². The van der Waals surface area contributed by atoms with Crippen LogP contribution < -0.4 is 25.0 Å². The summed E-state index contributed by atoms with van der Waals surface area (Å²) in [5, 5.41) is 5.94. The van der Waals surface area contributed by atoms with Gasteiger partial charge in [-0.25, -0.2) is 0 Å². The van der Waals surface area contributed by atoms with Gasteiger partial charge in [-0.1, -0.05) is 12.1 Å². The molecule has 2 amide bonds. The SMILES string of the molecule is COc1ccc(CNC(=O)CN2CCCc3c(C(=O)NC(C)C)cccc32)cc1OC. The van der Waals surface area contributed by atoms with Crippen LogP contribution in [0.5, 0.6) is 11.5 Å². The Labute approximate surface area is 183 Å². The molecule has 1 heterocycles. The van der Waals surface area contributed by atoms with Crippen molar-refractivity contribution in [1.82, 2.24) is 10.6 Å². The van der Waals surface area contributed by atoms with E-state index in [4.69, 9.17) is 9.47 Å². The van der Waals surface area contributed by atoms with Crippen LogP contribution in [-0.4, -0.2) is 45.2 Å². The lowest BCUT2D eigenvalue weighted by Gasteiger charge is -2.32. The molecule has 1 aliphatic heterocycles. The molecule has 0 fully saturated rings. The fourth-order valence-electron chi connectivity index (χ4n) is 3.84. The number of methoxy groups -OCH3 is 2. The van der Waals surface area contributed by atoms with Crippen LogP contribution in [0.25, 0.3) is 0 Å². The van der Waals surface area contributed by atoms with Crippen molar-refractivity contribution >= 4 is 17.5 Å². The lowest BCUT2D eigenvalue weighted by atomic mass is 9.95. The number of ether oxygens (including phenoxy) is 2. The number of anilines is 1. The summed E-state index contributed by atoms with van der Waals surface area (Å²) in [5.74, 6) is 1.15. The van der Waals surface area contributed by atoms with Crippen molar-refractivity contribution in [2.24, 2.45) is 0 Å². The van der Waals surface area contributed by atoms with Crippen molar-refractivity contribution in [3.63, 3.8) is 0 Å². The van der Waals surface area contributed by atoms with Gasteiger partial charge in [0, 0.05) is 30.4 Å². The average molecular weight is 426 g/mol. The number of benzene rings is 2. The second-order valence-electron chi connectivity index (χ2n) is 7.92. The molecule has 0 radical (unpaired) electrons. The zero-order valence-electron chi connectivity index (χ0n) is 18.7. The fraction of sp³-hybridized carbons (Fsp3) is 0.417. The minimum Gasteiger partial charge on any atom is -0.493 e. The summed E-state index contributed by atoms with van der Waals surface area (Å²) in [7, 11) is 3.18. The summed E-state index contributed by atoms with van der Waals surface area (Å²) in [5.41, 5.74) is 3.60. The topological polar surface area (TPSA) is 79.9 Å². The van der Waals surface area contributed by atoms with E-state index in [-0.39, 0.29) is 24.4 Å². The van der Waals surface area contributed by atoms with Gasteiger partial charge in [-0.2, -0.15) is 0 Å². The highest BCUT2D eigenvalue weighted by molar-refractivity contribution is 5.97. The molecule has 2 N–H and O–H groups in total. The highest BCUT2D eigenvalue weighted by atomic mass is 16.5. The zero-order valence-corrected chi connectivity index (χ0v) is 18.7. The van der Waals surface area contributed by atoms with E-state index in [1.54, 1.807) is 14.2 Å². The van der Waals surface area contributed by atoms with Gasteiger partial charge in [0.05, 0.1) is 20.8 Å². The van der Waals surface area contributed by atoms with E-state index in [0.29, 0.717) is 23.6 Å². The third-order valence-electron chi connectivity index (χ3n) is 5.28. The van der Waals surface area contributed by atoms with E-state index < -0.39 is 0 Å². The van der Waals surface area contributed by atoms with Crippen molar-refractivity contribution in [3.05, 3.63) is 53.1 Å². The Morgan fingerprint density at radius 1 is 1.10 bits per heavy atom. The molecule has 0 unspecified atom stereocenters. The van der Waals surface area contributed by atoms with E-state index in [0.717, 1.165) is 36.2 Å². The van der Waals surface area contributed by atoms with Crippen LogP contribution in [0.2, 0.25) is 0 Å². The Hall–Kier alpha value is -3.22. The van der Waals surface area contributed by atoms with Gasteiger partial charge in [0.15, 0.2) is 11.5 Å². The first-order chi connectivity index (χ1) is 14.9. The minimum absolute atomic E-state index is 0.0633. The van der Waals surface area contributed by atoms with Crippen LogP contribution in [0.3, 0.4) is 0 Å². The normalized spacial score (nSPS) is 12.9. The molecule has 2 aromatic rings. The predicted octanol–water partition coefficient (Wildman–Crippen LogP) is 2.91. The van der Waals surface area contributed by atoms with Gasteiger partial charge in [-0.3, -0.25) is 9.59 Å². The van der Waals surface area contributed by atoms with Crippen molar-refractivity contribution < 1.29 is 19.1 Å². The second-order valence-corrected chi connectivity index (χ2v) is 7.92. The molecular weight excluding hydrogens is 394 g/mol. The number of nitrogens with zero attached hydrogens (tertiary/aromatic N) is 1. The monoisotopic (exact) mass is 425 g/mol. The van der Waals surface area contributed by atoms with Crippen molar-refractivity contribution in [3.8, 4) is 11.5 Å². The van der Waals surface area contributed by atoms with Crippen LogP contribution >= 0.6 is 0 Å². The first-order valence-corrected chi connectivity index (χ1v) is 10.6. The van der Waals surface area contributed by atoms with Crippen LogP contribution in [0, 0.1) is 0 Å². The molecule has 7 nitrogen and oxygen atoms in total. The largest absolute Gasteiger partial charge is 0.493 e. The number of hydrogen-bond donors (Lipinski definition) is 2. The molecule has 0 spiro atoms. The summed E-state index contributed by atoms with van der Waals surface area (Å²) >= 11 is 0. The maximum absolute atomic E-state index is 12.6. The predicted molar refractivity (Wildman–Crippen MR) is 121 cm³/mol. The number of amides is 2. The molecule has 7 heteroatoms. The van der Waals surface area contributed by atoms with Gasteiger partial charge in [-0.15, -0.1) is 0 Å². The lowest BCUT2D eigenvalue weighted by molar-refractivity contribution is -0.119. The van der Waals surface area contributed by atoms with Crippen molar-refractivity contribution in [1.29, 1.82) is 0 Å². The molecule has 0 bridgehead atoms. The van der Waals surface area contributed by atoms with Gasteiger partial charge in [0.1, 0.15) is 0 Å². The van der Waals surface area contributed by atoms with Crippen LogP contribution in [0.1, 0.15) is 41.8 Å². The van der Waals surface area contributed by atoms with Crippen molar-refractivity contribution in [2.75, 3.05) is 32.2 Å². The van der Waals surface area contributed by atoms with Gasteiger partial charge >= 0.3 is 0 Å². The number of carbonyl (C=O) groups excluding carboxylic acids is 2. The summed E-state index contributed by atoms with van der Waals surface area (Å²) in [6, 6.07) is 11.4. The van der Waals surface area contributed by atoms with Crippen LogP contribution in [-0.2, 0) is 17.8 Å². The Kier molecular flexibility index (Phi) is 7.39. The van der Waals surface area contributed by atoms with E-state index >= 15 is 0 Å². The first-order valence-electron chi connectivity index (χ1n) is 10.6. The molecule has 0 aromatic heterocycles. The number of rotatable bonds is 8. The maximum atomic E-state index is 12.6. The van der Waals surface area contributed by atoms with Crippen LogP contribution in [0.15, 0.2) is 36.4 Å². The molecule has 0 aliphatic carbocycles. The Morgan fingerprint density at radius 2 is 1.87 bits per heavy atom. The number of nitrogens with one attached hydrogen (secondary N) is 2. The van der Waals surface area contributed by atoms with Crippen molar-refractivity contribution in [2.45, 2.75) is 39.3 Å². The summed E-state index contributed by atoms with van der Waals surface area (Å²) in [6.45, 7) is 5.32. The zero-order chi connectivity index (χ0) is 22.4. The lowest BCUT2D eigenvalue weighted by Crippen LogP contribution is -2.40. The standard InChI is InChI=1S/C24H31N3O4/c1-16(2)26-24(29)19-7-5-9-20-18(19)8-6-12-27(20)15-23(28)25-14-17-10-11-21(30-3)22(13-17)31-4/h5,7,9-11,13,16H,6,8,12,14-15H2,1-4H3,(H,25,28)(H,26,29). The van der Waals surface area contributed by atoms with Gasteiger partial charge in [0.25, 0.3) is 5.91 Å². The molecular formula is C24H31N3O4. The van der Waals surface area contributed by atoms with E-state index in [2.05, 4.69) is 15.5 Å². The summed E-state index contributed by atoms with van der Waals surface area (Å²) < 4.78 is 10.6. The quantitative estimate of drug-likeness (QED) is 0.680. The fourth-order valence-corrected chi connectivity index (χ4v) is 3.84. The van der Waals surface area contributed by atoms with E-state index in [1.165, 1.54) is 0 Å². The van der Waals surface area contributed by atoms with E-state index in [9.17, 15) is 9.59 Å². The summed E-state index contributed by atoms with van der Waals surface area (Å²) in [4.78, 5) is 27.3. The number of carbonyl (C=O) groups is 2. The molecule has 0 saturated carbocycles. The maximum Gasteiger partial charge on any atom is 0.251 e. The first kappa shape index (κ1) is 22.5. The molecule has 0 saturated heterocycles. The highest BCUT2D eigenvalue weighted by Gasteiger charge is 2.23. The number of fused-ring (bicyclic) bond motifs is 1. The second kappa shape index (κ2) is 10.2. The molecule has 3 rings (SSSR count). The molecule has 2 aromatic carbocycles. The highest BCUT2D eigenvalue weighted by Crippen LogP contribution is 2.30. The van der Waals surface area contributed by atoms with Gasteiger partial charge < -0.3 is 25.0 Å². The Morgan fingerprint density at radius 3 is 2.58 bits per heavy atom. The smallest absolute Gasteiger partial charge is 0.251 e. The van der Waals surface area contributed by atoms with Gasteiger partial charge in [0.2, 0.25) is 5.91 Å². The molecule has 1 aliphatic rings. The molecule has 0 atom stereocenters. The number of hydrogen-bond acceptors (Lipinski definition) is 5. The average Bonchev–Trinajstić information content (AvgIpc) is 2.76. The Balaban J connectivity index is 1.66. The summed E-state index contributed by atoms with van der Waals surface area (Å²) in [6.07, 6.45) is 1.74. The molecule has 31 heavy (non-hydrogen) atoms. The Bertz CT molecular complexity index is 942. The third-order valence-corrected chi connectivity index (χ3v) is 5.28. The van der Waals surface area contributed by atoms with Crippen LogP contribution in [0.4, 0.5) is 5.69 Å². The molecule has 166 valence electrons. The minimum atomic E-state index is -0.0698. The van der Waals surface area contributed by atoms with E-state index in [1.807, 2.05) is 50.2 Å².